The molecule has 1 heterocycles. The number of nitrogens with one attached hydrogen (secondary N) is 2. The SMILES string of the molecule is Cc1cc(NCCc2ccccc2)nc(Nc2ccccc2)c1N=Nc1ccc([N+](=O)[O-])cc1. The average molecular weight is 453 g/mol. The Hall–Kier alpha value is -4.59. The Morgan fingerprint density at radius 2 is 1.59 bits per heavy atom. The van der Waals surface area contributed by atoms with Gasteiger partial charge >= 0.3 is 0 Å². The van der Waals surface area contributed by atoms with Crippen LogP contribution in [0.5, 0.6) is 0 Å². The number of nitrogens with zero attached hydrogens (tertiary/aromatic N) is 4. The molecule has 8 nitrogen and oxygen atoms in total. The van der Waals surface area contributed by atoms with Gasteiger partial charge < -0.3 is 10.6 Å². The highest BCUT2D eigenvalue weighted by atomic mass is 16.6. The summed E-state index contributed by atoms with van der Waals surface area (Å²) in [6.07, 6.45) is 0.880. The van der Waals surface area contributed by atoms with Crippen molar-refractivity contribution in [1.82, 2.24) is 4.98 Å². The third-order valence-corrected chi connectivity index (χ3v) is 5.11. The number of anilines is 3. The number of benzene rings is 3. The second-order valence-corrected chi connectivity index (χ2v) is 7.65. The van der Waals surface area contributed by atoms with Crippen molar-refractivity contribution in [1.29, 1.82) is 0 Å². The zero-order valence-corrected chi connectivity index (χ0v) is 18.7. The number of hydrogen-bond donors (Lipinski definition) is 2. The molecular formula is C26H24N6O2. The molecule has 0 saturated heterocycles. The van der Waals surface area contributed by atoms with E-state index in [0.29, 0.717) is 17.2 Å². The molecule has 4 rings (SSSR count). The summed E-state index contributed by atoms with van der Waals surface area (Å²) in [5.41, 5.74) is 4.14. The lowest BCUT2D eigenvalue weighted by atomic mass is 10.1. The predicted octanol–water partition coefficient (Wildman–Crippen LogP) is 7.11. The molecule has 2 N–H and O–H groups in total. The average Bonchev–Trinajstić information content (AvgIpc) is 2.85. The van der Waals surface area contributed by atoms with Gasteiger partial charge in [-0.1, -0.05) is 48.5 Å². The highest BCUT2D eigenvalue weighted by molar-refractivity contribution is 5.73. The quantitative estimate of drug-likeness (QED) is 0.160. The minimum atomic E-state index is -0.444. The van der Waals surface area contributed by atoms with E-state index in [1.165, 1.54) is 17.7 Å². The molecule has 170 valence electrons. The van der Waals surface area contributed by atoms with Gasteiger partial charge in [-0.2, -0.15) is 5.11 Å². The summed E-state index contributed by atoms with van der Waals surface area (Å²) in [6, 6.07) is 27.9. The number of nitro groups is 1. The van der Waals surface area contributed by atoms with Gasteiger partial charge in [-0.15, -0.1) is 5.11 Å². The van der Waals surface area contributed by atoms with Crippen molar-refractivity contribution in [2.24, 2.45) is 10.2 Å². The van der Waals surface area contributed by atoms with Crippen molar-refractivity contribution < 1.29 is 4.92 Å². The summed E-state index contributed by atoms with van der Waals surface area (Å²) in [5.74, 6) is 1.31. The summed E-state index contributed by atoms with van der Waals surface area (Å²) >= 11 is 0. The van der Waals surface area contributed by atoms with E-state index in [9.17, 15) is 10.1 Å². The maximum absolute atomic E-state index is 10.9. The number of para-hydroxylation sites is 1. The van der Waals surface area contributed by atoms with Gasteiger partial charge in [0.1, 0.15) is 11.5 Å². The van der Waals surface area contributed by atoms with Crippen LogP contribution in [0.2, 0.25) is 0 Å². The predicted molar refractivity (Wildman–Crippen MR) is 135 cm³/mol. The minimum Gasteiger partial charge on any atom is -0.370 e. The first-order valence-corrected chi connectivity index (χ1v) is 10.9. The Balaban J connectivity index is 1.58. The molecule has 0 atom stereocenters. The lowest BCUT2D eigenvalue weighted by Gasteiger charge is -2.14. The molecule has 0 fully saturated rings. The van der Waals surface area contributed by atoms with Crippen molar-refractivity contribution in [3.63, 3.8) is 0 Å². The van der Waals surface area contributed by atoms with Crippen LogP contribution < -0.4 is 10.6 Å². The minimum absolute atomic E-state index is 0.00848. The Morgan fingerprint density at radius 3 is 2.26 bits per heavy atom. The number of aryl methyl sites for hydroxylation is 1. The molecule has 0 aliphatic rings. The number of aromatic nitrogens is 1. The molecule has 0 radical (unpaired) electrons. The van der Waals surface area contributed by atoms with Crippen LogP contribution in [0.1, 0.15) is 11.1 Å². The smallest absolute Gasteiger partial charge is 0.269 e. The van der Waals surface area contributed by atoms with Crippen LogP contribution >= 0.6 is 0 Å². The Bertz CT molecular complexity index is 1280. The topological polar surface area (TPSA) is 105 Å². The zero-order chi connectivity index (χ0) is 23.8. The van der Waals surface area contributed by atoms with Crippen LogP contribution in [0.15, 0.2) is 101 Å². The van der Waals surface area contributed by atoms with Crippen molar-refractivity contribution in [2.45, 2.75) is 13.3 Å². The molecular weight excluding hydrogens is 428 g/mol. The van der Waals surface area contributed by atoms with Gasteiger partial charge in [0.15, 0.2) is 5.82 Å². The molecule has 0 aliphatic carbocycles. The van der Waals surface area contributed by atoms with Crippen molar-refractivity contribution in [3.05, 3.63) is 112 Å². The molecule has 8 heteroatoms. The molecule has 4 aromatic rings. The molecule has 34 heavy (non-hydrogen) atoms. The molecule has 0 aliphatic heterocycles. The van der Waals surface area contributed by atoms with Gasteiger partial charge in [-0.05, 0) is 54.8 Å². The standard InChI is InChI=1S/C26H24N6O2/c1-19-18-24(27-17-16-20-8-4-2-5-9-20)29-26(28-21-10-6-3-7-11-21)25(19)31-30-22-12-14-23(15-13-22)32(33)34/h2-15,18H,16-17H2,1H3,(H2,27,28,29). The van der Waals surface area contributed by atoms with Gasteiger partial charge in [0.2, 0.25) is 0 Å². The number of pyridine rings is 1. The van der Waals surface area contributed by atoms with E-state index < -0.39 is 4.92 Å². The second kappa shape index (κ2) is 10.8. The first-order valence-electron chi connectivity index (χ1n) is 10.9. The number of nitro benzene ring substituents is 1. The maximum Gasteiger partial charge on any atom is 0.269 e. The Kier molecular flexibility index (Phi) is 7.19. The first kappa shape index (κ1) is 22.6. The highest BCUT2D eigenvalue weighted by Gasteiger charge is 2.11. The third kappa shape index (κ3) is 6.01. The number of hydrogen-bond acceptors (Lipinski definition) is 7. The Morgan fingerprint density at radius 1 is 0.912 bits per heavy atom. The fourth-order valence-corrected chi connectivity index (χ4v) is 3.36. The van der Waals surface area contributed by atoms with Crippen LogP contribution in [0, 0.1) is 17.0 Å². The summed E-state index contributed by atoms with van der Waals surface area (Å²) < 4.78 is 0. The van der Waals surface area contributed by atoms with Gasteiger partial charge in [0.25, 0.3) is 5.69 Å². The van der Waals surface area contributed by atoms with E-state index in [1.807, 2.05) is 61.5 Å². The second-order valence-electron chi connectivity index (χ2n) is 7.65. The van der Waals surface area contributed by atoms with Crippen LogP contribution in [-0.2, 0) is 6.42 Å². The van der Waals surface area contributed by atoms with Crippen LogP contribution in [0.4, 0.5) is 34.4 Å². The molecule has 0 spiro atoms. The van der Waals surface area contributed by atoms with Gasteiger partial charge in [-0.25, -0.2) is 4.98 Å². The molecule has 0 bridgehead atoms. The van der Waals surface area contributed by atoms with Gasteiger partial charge in [-0.3, -0.25) is 10.1 Å². The molecule has 3 aromatic carbocycles. The summed E-state index contributed by atoms with van der Waals surface area (Å²) in [7, 11) is 0. The van der Waals surface area contributed by atoms with E-state index in [2.05, 4.69) is 33.0 Å². The van der Waals surface area contributed by atoms with Gasteiger partial charge in [0, 0.05) is 24.4 Å². The molecule has 1 aromatic heterocycles. The van der Waals surface area contributed by atoms with E-state index in [1.54, 1.807) is 12.1 Å². The summed E-state index contributed by atoms with van der Waals surface area (Å²) in [5, 5.41) is 26.3. The molecule has 0 saturated carbocycles. The fourth-order valence-electron chi connectivity index (χ4n) is 3.36. The Labute approximate surface area is 197 Å². The van der Waals surface area contributed by atoms with Crippen LogP contribution in [-0.4, -0.2) is 16.5 Å². The van der Waals surface area contributed by atoms with Crippen molar-refractivity contribution >= 4 is 34.4 Å². The van der Waals surface area contributed by atoms with Crippen LogP contribution in [0.3, 0.4) is 0 Å². The normalized spacial score (nSPS) is 10.9. The van der Waals surface area contributed by atoms with Gasteiger partial charge in [0.05, 0.1) is 10.6 Å². The summed E-state index contributed by atoms with van der Waals surface area (Å²) in [6.45, 7) is 2.69. The largest absolute Gasteiger partial charge is 0.370 e. The monoisotopic (exact) mass is 452 g/mol. The number of non-ortho nitro benzene ring substituents is 1. The zero-order valence-electron chi connectivity index (χ0n) is 18.7. The van der Waals surface area contributed by atoms with Crippen molar-refractivity contribution in [2.75, 3.05) is 17.2 Å². The first-order chi connectivity index (χ1) is 16.6. The third-order valence-electron chi connectivity index (χ3n) is 5.11. The van der Waals surface area contributed by atoms with E-state index in [4.69, 9.17) is 4.98 Å². The maximum atomic E-state index is 10.9. The number of azo groups is 1. The van der Waals surface area contributed by atoms with Crippen molar-refractivity contribution in [3.8, 4) is 0 Å². The fraction of sp³-hybridized carbons (Fsp3) is 0.115. The lowest BCUT2D eigenvalue weighted by molar-refractivity contribution is -0.384. The van der Waals surface area contributed by atoms with Crippen LogP contribution in [0.25, 0.3) is 0 Å². The van der Waals surface area contributed by atoms with E-state index >= 15 is 0 Å². The molecule has 0 amide bonds. The molecule has 0 unspecified atom stereocenters. The van der Waals surface area contributed by atoms with E-state index in [-0.39, 0.29) is 5.69 Å². The van der Waals surface area contributed by atoms with E-state index in [0.717, 1.165) is 30.0 Å². The number of rotatable bonds is 9. The lowest BCUT2D eigenvalue weighted by Crippen LogP contribution is -2.08. The summed E-state index contributed by atoms with van der Waals surface area (Å²) in [4.78, 5) is 15.2. The highest BCUT2D eigenvalue weighted by Crippen LogP contribution is 2.33.